The van der Waals surface area contributed by atoms with Gasteiger partial charge in [-0.1, -0.05) is 25.5 Å². The van der Waals surface area contributed by atoms with Crippen LogP contribution in [0.5, 0.6) is 0 Å². The van der Waals surface area contributed by atoms with Crippen LogP contribution < -0.4 is 0 Å². The molecule has 15 heavy (non-hydrogen) atoms. The average Bonchev–Trinajstić information content (AvgIpc) is 2.63. The van der Waals surface area contributed by atoms with Crippen molar-refractivity contribution in [1.29, 1.82) is 0 Å². The topological polar surface area (TPSA) is 0 Å². The third-order valence-corrected chi connectivity index (χ3v) is 4.80. The van der Waals surface area contributed by atoms with Crippen LogP contribution in [0.15, 0.2) is 23.3 Å². The molecule has 0 amide bonds. The Kier molecular flexibility index (Phi) is 2.46. The second kappa shape index (κ2) is 3.81. The molecule has 0 spiro atoms. The van der Waals surface area contributed by atoms with E-state index in [4.69, 9.17) is 0 Å². The van der Waals surface area contributed by atoms with E-state index in [9.17, 15) is 0 Å². The Morgan fingerprint density at radius 2 is 1.53 bits per heavy atom. The second-order valence-corrected chi connectivity index (χ2v) is 5.47. The summed E-state index contributed by atoms with van der Waals surface area (Å²) in [5, 5.41) is 0. The number of allylic oxidation sites excluding steroid dienone is 4. The van der Waals surface area contributed by atoms with E-state index in [1.165, 1.54) is 44.9 Å². The summed E-state index contributed by atoms with van der Waals surface area (Å²) in [7, 11) is 0. The zero-order valence-electron chi connectivity index (χ0n) is 9.84. The van der Waals surface area contributed by atoms with Crippen LogP contribution in [0.1, 0.15) is 51.9 Å². The zero-order valence-corrected chi connectivity index (χ0v) is 9.84. The highest BCUT2D eigenvalue weighted by Crippen LogP contribution is 2.53. The van der Waals surface area contributed by atoms with Crippen molar-refractivity contribution in [2.75, 3.05) is 0 Å². The van der Waals surface area contributed by atoms with E-state index < -0.39 is 0 Å². The lowest BCUT2D eigenvalue weighted by Crippen LogP contribution is -2.16. The predicted molar refractivity (Wildman–Crippen MR) is 64.6 cm³/mol. The molecule has 1 saturated carbocycles. The molecule has 1 fully saturated rings. The second-order valence-electron chi connectivity index (χ2n) is 5.47. The van der Waals surface area contributed by atoms with Gasteiger partial charge in [0.2, 0.25) is 0 Å². The summed E-state index contributed by atoms with van der Waals surface area (Å²) < 4.78 is 0. The van der Waals surface area contributed by atoms with E-state index in [2.05, 4.69) is 19.1 Å². The van der Waals surface area contributed by atoms with Gasteiger partial charge in [-0.2, -0.15) is 0 Å². The smallest absolute Gasteiger partial charge is 0.0128 e. The fourth-order valence-electron chi connectivity index (χ4n) is 4.21. The fraction of sp³-hybridized carbons (Fsp3) is 0.733. The van der Waals surface area contributed by atoms with Crippen LogP contribution >= 0.6 is 0 Å². The molecular weight excluding hydrogens is 180 g/mol. The van der Waals surface area contributed by atoms with Crippen LogP contribution in [0.25, 0.3) is 0 Å². The van der Waals surface area contributed by atoms with Gasteiger partial charge in [0.25, 0.3) is 0 Å². The van der Waals surface area contributed by atoms with Gasteiger partial charge in [0.05, 0.1) is 0 Å². The van der Waals surface area contributed by atoms with Crippen molar-refractivity contribution in [3.05, 3.63) is 23.3 Å². The van der Waals surface area contributed by atoms with Crippen molar-refractivity contribution < 1.29 is 0 Å². The lowest BCUT2D eigenvalue weighted by atomic mass is 9.79. The Balaban J connectivity index is 2.00. The number of hydrogen-bond donors (Lipinski definition) is 0. The van der Waals surface area contributed by atoms with Crippen LogP contribution in [0.2, 0.25) is 0 Å². The molecule has 0 bridgehead atoms. The summed E-state index contributed by atoms with van der Waals surface area (Å²) in [6.07, 6.45) is 15.0. The molecule has 2 unspecified atom stereocenters. The number of fused-ring (bicyclic) bond motifs is 3. The number of hydrogen-bond acceptors (Lipinski definition) is 0. The Morgan fingerprint density at radius 1 is 1.00 bits per heavy atom. The molecule has 3 aliphatic rings. The molecular formula is C15H22. The van der Waals surface area contributed by atoms with Crippen LogP contribution in [0.3, 0.4) is 0 Å². The van der Waals surface area contributed by atoms with E-state index in [1.807, 2.05) is 0 Å². The Labute approximate surface area is 93.5 Å². The monoisotopic (exact) mass is 202 g/mol. The van der Waals surface area contributed by atoms with Crippen LogP contribution in [0.4, 0.5) is 0 Å². The van der Waals surface area contributed by atoms with Gasteiger partial charge in [0.1, 0.15) is 0 Å². The Hall–Kier alpha value is -0.520. The molecule has 0 nitrogen and oxygen atoms in total. The van der Waals surface area contributed by atoms with Crippen molar-refractivity contribution in [2.24, 2.45) is 17.8 Å². The van der Waals surface area contributed by atoms with E-state index >= 15 is 0 Å². The third kappa shape index (κ3) is 1.41. The van der Waals surface area contributed by atoms with Gasteiger partial charge in [-0.25, -0.2) is 0 Å². The molecule has 0 aromatic heterocycles. The summed E-state index contributed by atoms with van der Waals surface area (Å²) >= 11 is 0. The summed E-state index contributed by atoms with van der Waals surface area (Å²) in [6.45, 7) is 2.40. The van der Waals surface area contributed by atoms with Gasteiger partial charge in [0, 0.05) is 0 Å². The lowest BCUT2D eigenvalue weighted by molar-refractivity contribution is 0.286. The van der Waals surface area contributed by atoms with Gasteiger partial charge >= 0.3 is 0 Å². The normalized spacial score (nSPS) is 39.1. The lowest BCUT2D eigenvalue weighted by Gasteiger charge is -2.25. The van der Waals surface area contributed by atoms with Crippen LogP contribution in [0, 0.1) is 17.8 Å². The molecule has 3 aliphatic carbocycles. The summed E-state index contributed by atoms with van der Waals surface area (Å²) in [4.78, 5) is 0. The minimum absolute atomic E-state index is 0.943. The van der Waals surface area contributed by atoms with Gasteiger partial charge < -0.3 is 0 Å². The van der Waals surface area contributed by atoms with Crippen molar-refractivity contribution in [2.45, 2.75) is 51.9 Å². The number of rotatable bonds is 1. The van der Waals surface area contributed by atoms with Crippen molar-refractivity contribution in [1.82, 2.24) is 0 Å². The molecule has 0 aliphatic heterocycles. The molecule has 82 valence electrons. The highest BCUT2D eigenvalue weighted by molar-refractivity contribution is 5.43. The molecule has 0 aromatic carbocycles. The molecule has 0 N–H and O–H groups in total. The molecule has 0 aromatic rings. The molecule has 0 heterocycles. The highest BCUT2D eigenvalue weighted by Gasteiger charge is 2.42. The predicted octanol–water partition coefficient (Wildman–Crippen LogP) is 4.48. The first-order chi connectivity index (χ1) is 7.42. The molecule has 0 saturated heterocycles. The molecule has 2 atom stereocenters. The molecule has 0 radical (unpaired) electrons. The molecule has 3 rings (SSSR count). The standard InChI is InChI=1S/C15H22/c1-2-11-12-7-3-5-9-14(12)15-10-6-4-8-13(11)15/h9-13H,2-8H2,1H3. The van der Waals surface area contributed by atoms with E-state index in [-0.39, 0.29) is 0 Å². The van der Waals surface area contributed by atoms with E-state index in [1.54, 1.807) is 11.1 Å². The summed E-state index contributed by atoms with van der Waals surface area (Å²) in [5.41, 5.74) is 3.55. The minimum Gasteiger partial charge on any atom is -0.0807 e. The van der Waals surface area contributed by atoms with Crippen molar-refractivity contribution in [3.63, 3.8) is 0 Å². The van der Waals surface area contributed by atoms with E-state index in [0.29, 0.717) is 0 Å². The zero-order chi connectivity index (χ0) is 10.3. The maximum absolute atomic E-state index is 2.56. The first-order valence-corrected chi connectivity index (χ1v) is 6.82. The average molecular weight is 202 g/mol. The van der Waals surface area contributed by atoms with Crippen molar-refractivity contribution >= 4 is 0 Å². The molecule has 0 heteroatoms. The Bertz CT molecular complexity index is 278. The largest absolute Gasteiger partial charge is 0.0807 e. The summed E-state index contributed by atoms with van der Waals surface area (Å²) in [6, 6.07) is 0. The quantitative estimate of drug-likeness (QED) is 0.588. The minimum atomic E-state index is 0.943. The van der Waals surface area contributed by atoms with Gasteiger partial charge in [-0.3, -0.25) is 0 Å². The first-order valence-electron chi connectivity index (χ1n) is 6.82. The van der Waals surface area contributed by atoms with Crippen LogP contribution in [-0.2, 0) is 0 Å². The third-order valence-electron chi connectivity index (χ3n) is 4.80. The van der Waals surface area contributed by atoms with Crippen molar-refractivity contribution in [3.8, 4) is 0 Å². The maximum atomic E-state index is 2.56. The van der Waals surface area contributed by atoms with Crippen LogP contribution in [-0.4, -0.2) is 0 Å². The van der Waals surface area contributed by atoms with E-state index in [0.717, 1.165) is 17.8 Å². The SMILES string of the molecule is CCC1C2CCCC=C2C2=CCCCC21. The van der Waals surface area contributed by atoms with Gasteiger partial charge in [-0.15, -0.1) is 0 Å². The first kappa shape index (κ1) is 9.69. The van der Waals surface area contributed by atoms with Gasteiger partial charge in [-0.05, 0) is 67.4 Å². The maximum Gasteiger partial charge on any atom is -0.0128 e. The Morgan fingerprint density at radius 3 is 2.00 bits per heavy atom. The highest BCUT2D eigenvalue weighted by atomic mass is 14.5. The summed E-state index contributed by atoms with van der Waals surface area (Å²) in [5.74, 6) is 2.87. The van der Waals surface area contributed by atoms with Gasteiger partial charge in [0.15, 0.2) is 0 Å². The fourth-order valence-corrected chi connectivity index (χ4v) is 4.21.